The summed E-state index contributed by atoms with van der Waals surface area (Å²) in [5, 5.41) is 10.4. The maximum atomic E-state index is 12.6. The van der Waals surface area contributed by atoms with Gasteiger partial charge in [-0.15, -0.1) is 11.8 Å². The number of hydrogen-bond acceptors (Lipinski definition) is 3. The molecule has 0 saturated heterocycles. The number of carbonyl (C=O) groups excluding carboxylic acids is 1. The zero-order valence-corrected chi connectivity index (χ0v) is 10.8. The normalized spacial score (nSPS) is 11.3. The molecule has 1 aromatic carbocycles. The van der Waals surface area contributed by atoms with Crippen LogP contribution < -0.4 is 5.32 Å². The van der Waals surface area contributed by atoms with Gasteiger partial charge >= 0.3 is 0 Å². The van der Waals surface area contributed by atoms with E-state index in [4.69, 9.17) is 5.11 Å². The van der Waals surface area contributed by atoms with Gasteiger partial charge in [-0.1, -0.05) is 17.7 Å². The first-order valence-corrected chi connectivity index (χ1v) is 6.36. The van der Waals surface area contributed by atoms with Crippen LogP contribution in [0.5, 0.6) is 0 Å². The van der Waals surface area contributed by atoms with E-state index < -0.39 is 25.0 Å². The number of alkyl halides is 2. The largest absolute Gasteiger partial charge is 0.390 e. The summed E-state index contributed by atoms with van der Waals surface area (Å²) >= 11 is 1.28. The Balaban J connectivity index is 2.31. The van der Waals surface area contributed by atoms with Crippen LogP contribution in [0.3, 0.4) is 0 Å². The highest BCUT2D eigenvalue weighted by atomic mass is 32.2. The second-order valence-corrected chi connectivity index (χ2v) is 4.94. The zero-order valence-electron chi connectivity index (χ0n) is 9.95. The lowest BCUT2D eigenvalue weighted by Gasteiger charge is -2.13. The molecule has 1 amide bonds. The molecule has 100 valence electrons. The number of halogens is 2. The number of benzene rings is 1. The van der Waals surface area contributed by atoms with Crippen molar-refractivity contribution in [3.8, 4) is 0 Å². The molecular weight excluding hydrogens is 260 g/mol. The van der Waals surface area contributed by atoms with Crippen LogP contribution in [-0.4, -0.2) is 35.8 Å². The van der Waals surface area contributed by atoms with E-state index >= 15 is 0 Å². The fourth-order valence-corrected chi connectivity index (χ4v) is 1.85. The maximum absolute atomic E-state index is 12.6. The van der Waals surface area contributed by atoms with E-state index in [1.807, 2.05) is 31.2 Å². The fourth-order valence-electron chi connectivity index (χ4n) is 1.12. The van der Waals surface area contributed by atoms with Crippen molar-refractivity contribution in [2.75, 3.05) is 18.9 Å². The van der Waals surface area contributed by atoms with Crippen LogP contribution in [0.25, 0.3) is 0 Å². The number of aliphatic hydroxyl groups is 1. The van der Waals surface area contributed by atoms with Gasteiger partial charge in [0.25, 0.3) is 5.92 Å². The number of rotatable bonds is 6. The second-order valence-electron chi connectivity index (χ2n) is 3.89. The molecule has 0 radical (unpaired) electrons. The van der Waals surface area contributed by atoms with E-state index in [9.17, 15) is 13.6 Å². The van der Waals surface area contributed by atoms with Gasteiger partial charge in [-0.3, -0.25) is 4.79 Å². The Hall–Kier alpha value is -1.14. The fraction of sp³-hybridized carbons (Fsp3) is 0.417. The van der Waals surface area contributed by atoms with Gasteiger partial charge in [-0.25, -0.2) is 8.78 Å². The number of thioether (sulfide) groups is 1. The van der Waals surface area contributed by atoms with Crippen molar-refractivity contribution in [3.63, 3.8) is 0 Å². The number of aliphatic hydroxyl groups excluding tert-OH is 1. The molecule has 0 fully saturated rings. The predicted molar refractivity (Wildman–Crippen MR) is 66.9 cm³/mol. The molecule has 2 N–H and O–H groups in total. The number of nitrogens with one attached hydrogen (secondary N) is 1. The quantitative estimate of drug-likeness (QED) is 0.779. The molecule has 0 aliphatic carbocycles. The Morgan fingerprint density at radius 2 is 2.00 bits per heavy atom. The molecule has 0 aromatic heterocycles. The van der Waals surface area contributed by atoms with Crippen molar-refractivity contribution in [2.24, 2.45) is 0 Å². The summed E-state index contributed by atoms with van der Waals surface area (Å²) in [6.07, 6.45) is 0. The Labute approximate surface area is 109 Å². The Morgan fingerprint density at radius 1 is 1.39 bits per heavy atom. The van der Waals surface area contributed by atoms with Gasteiger partial charge in [0.2, 0.25) is 5.91 Å². The minimum atomic E-state index is -3.26. The third-order valence-electron chi connectivity index (χ3n) is 2.17. The average molecular weight is 275 g/mol. The van der Waals surface area contributed by atoms with Gasteiger partial charge in [0, 0.05) is 4.90 Å². The van der Waals surface area contributed by atoms with Crippen LogP contribution in [0.1, 0.15) is 5.56 Å². The zero-order chi connectivity index (χ0) is 13.6. The van der Waals surface area contributed by atoms with Crippen LogP contribution in [0.15, 0.2) is 29.2 Å². The summed E-state index contributed by atoms with van der Waals surface area (Å²) < 4.78 is 25.3. The smallest absolute Gasteiger partial charge is 0.287 e. The highest BCUT2D eigenvalue weighted by Gasteiger charge is 2.27. The van der Waals surface area contributed by atoms with Gasteiger partial charge in [0.15, 0.2) is 0 Å². The number of hydrogen-bond donors (Lipinski definition) is 2. The van der Waals surface area contributed by atoms with Crippen LogP contribution in [-0.2, 0) is 4.79 Å². The SMILES string of the molecule is Cc1ccc(SCC(=O)NCC(F)(F)CO)cc1. The summed E-state index contributed by atoms with van der Waals surface area (Å²) in [5.74, 6) is -3.66. The van der Waals surface area contributed by atoms with Crippen molar-refractivity contribution < 1.29 is 18.7 Å². The van der Waals surface area contributed by atoms with E-state index in [1.54, 1.807) is 0 Å². The molecule has 0 heterocycles. The number of carbonyl (C=O) groups is 1. The van der Waals surface area contributed by atoms with E-state index in [0.717, 1.165) is 10.5 Å². The minimum Gasteiger partial charge on any atom is -0.390 e. The lowest BCUT2D eigenvalue weighted by atomic mass is 10.2. The van der Waals surface area contributed by atoms with Gasteiger partial charge in [0.1, 0.15) is 6.61 Å². The molecule has 0 aliphatic heterocycles. The van der Waals surface area contributed by atoms with Crippen molar-refractivity contribution in [1.82, 2.24) is 5.32 Å². The highest BCUT2D eigenvalue weighted by Crippen LogP contribution is 2.18. The topological polar surface area (TPSA) is 49.3 Å². The monoisotopic (exact) mass is 275 g/mol. The van der Waals surface area contributed by atoms with Crippen LogP contribution in [0.4, 0.5) is 8.78 Å². The van der Waals surface area contributed by atoms with Crippen molar-refractivity contribution in [3.05, 3.63) is 29.8 Å². The first-order valence-electron chi connectivity index (χ1n) is 5.38. The third-order valence-corrected chi connectivity index (χ3v) is 3.18. The number of aryl methyl sites for hydroxylation is 1. The van der Waals surface area contributed by atoms with Gasteiger partial charge < -0.3 is 10.4 Å². The van der Waals surface area contributed by atoms with E-state index in [0.29, 0.717) is 0 Å². The lowest BCUT2D eigenvalue weighted by molar-refractivity contribution is -0.121. The first-order chi connectivity index (χ1) is 8.43. The number of amides is 1. The Kier molecular flexibility index (Phi) is 5.55. The first kappa shape index (κ1) is 14.9. The molecule has 0 saturated carbocycles. The standard InChI is InChI=1S/C12H15F2NO2S/c1-9-2-4-10(5-3-9)18-6-11(17)15-7-12(13,14)8-16/h2-5,16H,6-8H2,1H3,(H,15,17). The summed E-state index contributed by atoms with van der Waals surface area (Å²) in [6, 6.07) is 7.57. The van der Waals surface area contributed by atoms with E-state index in [1.165, 1.54) is 11.8 Å². The highest BCUT2D eigenvalue weighted by molar-refractivity contribution is 8.00. The molecular formula is C12H15F2NO2S. The predicted octanol–water partition coefficient (Wildman–Crippen LogP) is 1.83. The Bertz CT molecular complexity index is 396. The van der Waals surface area contributed by atoms with Crippen molar-refractivity contribution >= 4 is 17.7 Å². The van der Waals surface area contributed by atoms with Crippen LogP contribution in [0, 0.1) is 6.92 Å². The molecule has 1 rings (SSSR count). The minimum absolute atomic E-state index is 0.0740. The molecule has 3 nitrogen and oxygen atoms in total. The van der Waals surface area contributed by atoms with Gasteiger partial charge in [-0.2, -0.15) is 0 Å². The Morgan fingerprint density at radius 3 is 2.56 bits per heavy atom. The van der Waals surface area contributed by atoms with Gasteiger partial charge in [-0.05, 0) is 19.1 Å². The maximum Gasteiger partial charge on any atom is 0.287 e. The second kappa shape index (κ2) is 6.70. The van der Waals surface area contributed by atoms with E-state index in [2.05, 4.69) is 5.32 Å². The summed E-state index contributed by atoms with van der Waals surface area (Å²) in [5.41, 5.74) is 1.12. The van der Waals surface area contributed by atoms with Gasteiger partial charge in [0.05, 0.1) is 12.3 Å². The van der Waals surface area contributed by atoms with E-state index in [-0.39, 0.29) is 5.75 Å². The summed E-state index contributed by atoms with van der Waals surface area (Å²) in [6.45, 7) is -0.146. The molecule has 0 atom stereocenters. The molecule has 0 aliphatic rings. The average Bonchev–Trinajstić information content (AvgIpc) is 2.36. The molecule has 0 unspecified atom stereocenters. The molecule has 18 heavy (non-hydrogen) atoms. The summed E-state index contributed by atoms with van der Waals surface area (Å²) in [4.78, 5) is 12.2. The molecule has 0 spiro atoms. The third kappa shape index (κ3) is 5.46. The molecule has 1 aromatic rings. The van der Waals surface area contributed by atoms with Crippen LogP contribution >= 0.6 is 11.8 Å². The lowest BCUT2D eigenvalue weighted by Crippen LogP contribution is -2.39. The van der Waals surface area contributed by atoms with Crippen LogP contribution in [0.2, 0.25) is 0 Å². The van der Waals surface area contributed by atoms with Crippen molar-refractivity contribution in [2.45, 2.75) is 17.7 Å². The molecule has 6 heteroatoms. The molecule has 0 bridgehead atoms. The van der Waals surface area contributed by atoms with Crippen molar-refractivity contribution in [1.29, 1.82) is 0 Å². The summed E-state index contributed by atoms with van der Waals surface area (Å²) in [7, 11) is 0.